The van der Waals surface area contributed by atoms with Crippen LogP contribution in [-0.2, 0) is 17.7 Å². The molecule has 2 aliphatic rings. The summed E-state index contributed by atoms with van der Waals surface area (Å²) >= 11 is 0. The first-order valence-electron chi connectivity index (χ1n) is 8.84. The smallest absolute Gasteiger partial charge is 0.387 e. The van der Waals surface area contributed by atoms with Crippen LogP contribution in [0.4, 0.5) is 8.78 Å². The second-order valence-corrected chi connectivity index (χ2v) is 6.52. The van der Waals surface area contributed by atoms with Gasteiger partial charge < -0.3 is 19.7 Å². The normalized spacial score (nSPS) is 19.1. The maximum Gasteiger partial charge on any atom is 0.387 e. The average molecular weight is 415 g/mol. The summed E-state index contributed by atoms with van der Waals surface area (Å²) < 4.78 is 35.1. The fraction of sp³-hybridized carbons (Fsp3) is 0.444. The Hall–Kier alpha value is -2.23. The van der Waals surface area contributed by atoms with Gasteiger partial charge >= 0.3 is 6.61 Å². The Balaban J connectivity index is 0.00000225. The van der Waals surface area contributed by atoms with Gasteiger partial charge in [0.15, 0.2) is 5.69 Å². The van der Waals surface area contributed by atoms with Crippen molar-refractivity contribution in [1.29, 1.82) is 0 Å². The molecule has 1 aromatic heterocycles. The number of carbonyl (C=O) groups excluding carboxylic acids is 1. The van der Waals surface area contributed by atoms with Gasteiger partial charge in [-0.25, -0.2) is 0 Å². The molecule has 4 rings (SSSR count). The molecule has 1 atom stereocenters. The van der Waals surface area contributed by atoms with Crippen molar-refractivity contribution in [2.45, 2.75) is 25.7 Å². The first-order chi connectivity index (χ1) is 13.1. The molecule has 3 heterocycles. The van der Waals surface area contributed by atoms with Crippen molar-refractivity contribution in [3.05, 3.63) is 46.8 Å². The van der Waals surface area contributed by atoms with Gasteiger partial charge in [-0.1, -0.05) is 12.1 Å². The van der Waals surface area contributed by atoms with Crippen LogP contribution in [0, 0.1) is 0 Å². The van der Waals surface area contributed by atoms with Gasteiger partial charge in [0.1, 0.15) is 11.9 Å². The number of ether oxygens (including phenoxy) is 2. The molecule has 7 nitrogen and oxygen atoms in total. The summed E-state index contributed by atoms with van der Waals surface area (Å²) in [5.74, 6) is -0.0773. The van der Waals surface area contributed by atoms with Crippen LogP contribution in [0.3, 0.4) is 0 Å². The predicted molar refractivity (Wildman–Crippen MR) is 98.9 cm³/mol. The van der Waals surface area contributed by atoms with Crippen molar-refractivity contribution >= 4 is 18.3 Å². The summed E-state index contributed by atoms with van der Waals surface area (Å²) in [6, 6.07) is 6.39. The number of halogens is 3. The van der Waals surface area contributed by atoms with Crippen LogP contribution in [0.15, 0.2) is 24.3 Å². The van der Waals surface area contributed by atoms with E-state index >= 15 is 0 Å². The summed E-state index contributed by atoms with van der Waals surface area (Å²) in [7, 11) is 0. The highest BCUT2D eigenvalue weighted by atomic mass is 35.5. The number of carbonyl (C=O) groups is 1. The third-order valence-corrected chi connectivity index (χ3v) is 4.82. The Morgan fingerprint density at radius 3 is 3.07 bits per heavy atom. The third-order valence-electron chi connectivity index (χ3n) is 4.82. The minimum atomic E-state index is -2.88. The second kappa shape index (κ2) is 8.85. The van der Waals surface area contributed by atoms with Crippen LogP contribution in [0.5, 0.6) is 5.75 Å². The molecule has 0 radical (unpaired) electrons. The number of fused-ring (bicyclic) bond motifs is 1. The highest BCUT2D eigenvalue weighted by Gasteiger charge is 2.30. The van der Waals surface area contributed by atoms with Crippen molar-refractivity contribution in [1.82, 2.24) is 20.4 Å². The van der Waals surface area contributed by atoms with E-state index in [0.29, 0.717) is 37.5 Å². The highest BCUT2D eigenvalue weighted by Crippen LogP contribution is 2.27. The fourth-order valence-electron chi connectivity index (χ4n) is 3.48. The quantitative estimate of drug-likeness (QED) is 0.802. The topological polar surface area (TPSA) is 79.5 Å². The SMILES string of the molecule is Cl.O=C(c1n[nH]c2c1CNCC2)N1CCOC(c2cccc(OC(F)F)c2)C1. The molecule has 2 aromatic rings. The van der Waals surface area contributed by atoms with Gasteiger partial charge in [-0.2, -0.15) is 13.9 Å². The molecule has 10 heteroatoms. The zero-order chi connectivity index (χ0) is 18.8. The number of H-pyrrole nitrogens is 1. The number of nitrogens with one attached hydrogen (secondary N) is 2. The lowest BCUT2D eigenvalue weighted by Gasteiger charge is -2.33. The number of hydrogen-bond donors (Lipinski definition) is 2. The number of rotatable bonds is 4. The summed E-state index contributed by atoms with van der Waals surface area (Å²) in [6.45, 7) is -0.261. The Bertz CT molecular complexity index is 833. The van der Waals surface area contributed by atoms with E-state index in [1.54, 1.807) is 17.0 Å². The van der Waals surface area contributed by atoms with E-state index in [4.69, 9.17) is 4.74 Å². The number of aromatic nitrogens is 2. The summed E-state index contributed by atoms with van der Waals surface area (Å²) in [5.41, 5.74) is 3.05. The molecule has 2 aliphatic heterocycles. The van der Waals surface area contributed by atoms with Gasteiger partial charge in [0.05, 0.1) is 13.2 Å². The Morgan fingerprint density at radius 2 is 2.25 bits per heavy atom. The first-order valence-corrected chi connectivity index (χ1v) is 8.84. The number of alkyl halides is 2. The molecule has 0 saturated carbocycles. The number of aromatic amines is 1. The molecule has 0 spiro atoms. The van der Waals surface area contributed by atoms with Gasteiger partial charge in [0.2, 0.25) is 0 Å². The summed E-state index contributed by atoms with van der Waals surface area (Å²) in [5, 5.41) is 10.4. The summed E-state index contributed by atoms with van der Waals surface area (Å²) in [4.78, 5) is 14.7. The molecule has 1 unspecified atom stereocenters. The Kier molecular flexibility index (Phi) is 6.48. The zero-order valence-electron chi connectivity index (χ0n) is 15.0. The minimum absolute atomic E-state index is 0. The monoisotopic (exact) mass is 414 g/mol. The molecule has 2 N–H and O–H groups in total. The van der Waals surface area contributed by atoms with Crippen LogP contribution in [0.1, 0.15) is 33.4 Å². The molecule has 1 fully saturated rings. The van der Waals surface area contributed by atoms with E-state index < -0.39 is 12.7 Å². The lowest BCUT2D eigenvalue weighted by molar-refractivity contribution is -0.0504. The molecule has 0 aliphatic carbocycles. The van der Waals surface area contributed by atoms with Gasteiger partial charge in [0.25, 0.3) is 5.91 Å². The molecule has 1 saturated heterocycles. The maximum absolute atomic E-state index is 13.0. The van der Waals surface area contributed by atoms with E-state index in [-0.39, 0.29) is 24.1 Å². The largest absolute Gasteiger partial charge is 0.435 e. The lowest BCUT2D eigenvalue weighted by atomic mass is 10.0. The third kappa shape index (κ3) is 4.26. The van der Waals surface area contributed by atoms with Gasteiger partial charge in [-0.3, -0.25) is 9.89 Å². The van der Waals surface area contributed by atoms with E-state index in [0.717, 1.165) is 24.2 Å². The second-order valence-electron chi connectivity index (χ2n) is 6.52. The maximum atomic E-state index is 13.0. The number of amides is 1. The van der Waals surface area contributed by atoms with Crippen LogP contribution < -0.4 is 10.1 Å². The van der Waals surface area contributed by atoms with Crippen molar-refractivity contribution in [2.75, 3.05) is 26.2 Å². The van der Waals surface area contributed by atoms with Crippen LogP contribution >= 0.6 is 12.4 Å². The lowest BCUT2D eigenvalue weighted by Crippen LogP contribution is -2.43. The molecule has 152 valence electrons. The van der Waals surface area contributed by atoms with E-state index in [9.17, 15) is 13.6 Å². The molecule has 28 heavy (non-hydrogen) atoms. The van der Waals surface area contributed by atoms with E-state index in [1.807, 2.05) is 0 Å². The minimum Gasteiger partial charge on any atom is -0.435 e. The summed E-state index contributed by atoms with van der Waals surface area (Å²) in [6.07, 6.45) is 0.412. The Labute approximate surface area is 166 Å². The van der Waals surface area contributed by atoms with Crippen LogP contribution in [0.2, 0.25) is 0 Å². The van der Waals surface area contributed by atoms with Crippen LogP contribution in [0.25, 0.3) is 0 Å². The zero-order valence-corrected chi connectivity index (χ0v) is 15.8. The van der Waals surface area contributed by atoms with Crippen molar-refractivity contribution < 1.29 is 23.0 Å². The van der Waals surface area contributed by atoms with E-state index in [1.165, 1.54) is 12.1 Å². The molecule has 1 aromatic carbocycles. The predicted octanol–water partition coefficient (Wildman–Crippen LogP) is 2.29. The first kappa shape index (κ1) is 20.5. The number of morpholine rings is 1. The van der Waals surface area contributed by atoms with Gasteiger partial charge in [0, 0.05) is 37.3 Å². The molecule has 1 amide bonds. The van der Waals surface area contributed by atoms with Crippen molar-refractivity contribution in [3.8, 4) is 5.75 Å². The Morgan fingerprint density at radius 1 is 1.39 bits per heavy atom. The highest BCUT2D eigenvalue weighted by molar-refractivity contribution is 5.94. The average Bonchev–Trinajstić information content (AvgIpc) is 3.11. The molecular formula is C18H21ClF2N4O3. The number of nitrogens with zero attached hydrogens (tertiary/aromatic N) is 2. The van der Waals surface area contributed by atoms with Crippen molar-refractivity contribution in [3.63, 3.8) is 0 Å². The standard InChI is InChI=1S/C18H20F2N4O3.ClH/c19-18(20)27-12-3-1-2-11(8-12)15-10-24(6-7-26-15)17(25)16-13-9-21-5-4-14(13)22-23-16;/h1-3,8,15,18,21H,4-7,9-10H2,(H,22,23);1H. The van der Waals surface area contributed by atoms with E-state index in [2.05, 4.69) is 20.3 Å². The fourth-order valence-corrected chi connectivity index (χ4v) is 3.48. The number of hydrogen-bond acceptors (Lipinski definition) is 5. The van der Waals surface area contributed by atoms with Gasteiger partial charge in [-0.15, -0.1) is 12.4 Å². The van der Waals surface area contributed by atoms with Crippen LogP contribution in [-0.4, -0.2) is 53.9 Å². The molecular weight excluding hydrogens is 394 g/mol. The van der Waals surface area contributed by atoms with Crippen molar-refractivity contribution in [2.24, 2.45) is 0 Å². The number of benzene rings is 1. The molecule has 0 bridgehead atoms. The van der Waals surface area contributed by atoms with Gasteiger partial charge in [-0.05, 0) is 17.7 Å².